The molecule has 80 valence electrons. The average Bonchev–Trinajstić information content (AvgIpc) is 2.84. The van der Waals surface area contributed by atoms with E-state index in [0.29, 0.717) is 17.8 Å². The lowest BCUT2D eigenvalue weighted by Gasteiger charge is -2.10. The number of halogens is 1. The Hall–Kier alpha value is -0.770. The normalized spacial score (nSPS) is 12.9. The fraction of sp³-hybridized carbons (Fsp3) is 0.273. The molecule has 0 bridgehead atoms. The molecule has 0 saturated heterocycles. The second-order valence-electron chi connectivity index (χ2n) is 3.32. The van der Waals surface area contributed by atoms with Crippen molar-refractivity contribution >= 4 is 22.9 Å². The van der Waals surface area contributed by atoms with Crippen molar-refractivity contribution in [2.75, 3.05) is 0 Å². The highest BCUT2D eigenvalue weighted by molar-refractivity contribution is 7.10. The van der Waals surface area contributed by atoms with Gasteiger partial charge in [-0.25, -0.2) is 0 Å². The molecule has 4 heteroatoms. The molecule has 15 heavy (non-hydrogen) atoms. The summed E-state index contributed by atoms with van der Waals surface area (Å²) in [7, 11) is 0. The van der Waals surface area contributed by atoms with Gasteiger partial charge in [0, 0.05) is 10.9 Å². The minimum atomic E-state index is 0.342. The molecule has 2 aromatic heterocycles. The highest BCUT2D eigenvalue weighted by Crippen LogP contribution is 2.19. The van der Waals surface area contributed by atoms with Gasteiger partial charge in [0.2, 0.25) is 0 Å². The maximum Gasteiger partial charge on any atom is 0.193 e. The van der Waals surface area contributed by atoms with Crippen molar-refractivity contribution in [2.45, 2.75) is 19.5 Å². The van der Waals surface area contributed by atoms with Gasteiger partial charge in [0.05, 0.1) is 6.54 Å². The zero-order valence-electron chi connectivity index (χ0n) is 8.37. The van der Waals surface area contributed by atoms with Crippen molar-refractivity contribution < 1.29 is 4.42 Å². The number of hydrogen-bond donors (Lipinski definition) is 1. The van der Waals surface area contributed by atoms with E-state index >= 15 is 0 Å². The molecule has 0 aliphatic carbocycles. The molecule has 2 nitrogen and oxygen atoms in total. The van der Waals surface area contributed by atoms with Crippen molar-refractivity contribution in [3.63, 3.8) is 0 Å². The lowest BCUT2D eigenvalue weighted by Crippen LogP contribution is -2.16. The molecule has 2 aromatic rings. The van der Waals surface area contributed by atoms with Crippen LogP contribution in [0.15, 0.2) is 34.1 Å². The van der Waals surface area contributed by atoms with Crippen LogP contribution in [-0.4, -0.2) is 0 Å². The fourth-order valence-corrected chi connectivity index (χ4v) is 2.26. The standard InChI is InChI=1S/C11H12ClNOS/c1-8(10-3-2-6-15-10)13-7-9-4-5-11(12)14-9/h2-6,8,13H,7H2,1H3/t8-/m1/s1. The van der Waals surface area contributed by atoms with E-state index in [1.807, 2.05) is 6.07 Å². The van der Waals surface area contributed by atoms with Gasteiger partial charge >= 0.3 is 0 Å². The largest absolute Gasteiger partial charge is 0.448 e. The number of thiophene rings is 1. The quantitative estimate of drug-likeness (QED) is 0.880. The van der Waals surface area contributed by atoms with Gasteiger partial charge in [0.15, 0.2) is 5.22 Å². The summed E-state index contributed by atoms with van der Waals surface area (Å²) in [6, 6.07) is 8.17. The number of nitrogens with one attached hydrogen (secondary N) is 1. The third kappa shape index (κ3) is 2.84. The van der Waals surface area contributed by atoms with Crippen LogP contribution in [0.3, 0.4) is 0 Å². The summed E-state index contributed by atoms with van der Waals surface area (Å²) in [6.07, 6.45) is 0. The molecule has 2 rings (SSSR count). The van der Waals surface area contributed by atoms with Gasteiger partial charge in [-0.1, -0.05) is 6.07 Å². The van der Waals surface area contributed by atoms with Crippen LogP contribution in [-0.2, 0) is 6.54 Å². The second-order valence-corrected chi connectivity index (χ2v) is 4.68. The third-order valence-electron chi connectivity index (χ3n) is 2.18. The second kappa shape index (κ2) is 4.84. The van der Waals surface area contributed by atoms with Gasteiger partial charge in [-0.2, -0.15) is 0 Å². The summed E-state index contributed by atoms with van der Waals surface area (Å²) in [6.45, 7) is 2.84. The van der Waals surface area contributed by atoms with Crippen molar-refractivity contribution in [3.05, 3.63) is 45.5 Å². The molecule has 1 atom stereocenters. The summed E-state index contributed by atoms with van der Waals surface area (Å²) in [5.41, 5.74) is 0. The van der Waals surface area contributed by atoms with Crippen LogP contribution in [0, 0.1) is 0 Å². The Morgan fingerprint density at radius 1 is 1.47 bits per heavy atom. The molecule has 0 aliphatic heterocycles. The van der Waals surface area contributed by atoms with Gasteiger partial charge < -0.3 is 9.73 Å². The maximum atomic E-state index is 5.68. The number of hydrogen-bond acceptors (Lipinski definition) is 3. The minimum absolute atomic E-state index is 0.342. The molecule has 0 fully saturated rings. The van der Waals surface area contributed by atoms with E-state index < -0.39 is 0 Å². The van der Waals surface area contributed by atoms with E-state index in [0.717, 1.165) is 5.76 Å². The molecule has 0 amide bonds. The van der Waals surface area contributed by atoms with Crippen LogP contribution in [0.4, 0.5) is 0 Å². The van der Waals surface area contributed by atoms with Crippen LogP contribution in [0.2, 0.25) is 5.22 Å². The predicted molar refractivity (Wildman–Crippen MR) is 63.3 cm³/mol. The van der Waals surface area contributed by atoms with Crippen LogP contribution in [0.5, 0.6) is 0 Å². The molecule has 0 saturated carbocycles. The minimum Gasteiger partial charge on any atom is -0.448 e. The molecule has 0 radical (unpaired) electrons. The van der Waals surface area contributed by atoms with Crippen LogP contribution < -0.4 is 5.32 Å². The van der Waals surface area contributed by atoms with Crippen LogP contribution >= 0.6 is 22.9 Å². The highest BCUT2D eigenvalue weighted by atomic mass is 35.5. The van der Waals surface area contributed by atoms with Crippen molar-refractivity contribution in [1.82, 2.24) is 5.32 Å². The summed E-state index contributed by atoms with van der Waals surface area (Å²) in [5.74, 6) is 0.864. The Kier molecular flexibility index (Phi) is 3.46. The third-order valence-corrected chi connectivity index (χ3v) is 3.44. The van der Waals surface area contributed by atoms with Gasteiger partial charge in [-0.15, -0.1) is 11.3 Å². The van der Waals surface area contributed by atoms with E-state index in [2.05, 4.69) is 29.8 Å². The van der Waals surface area contributed by atoms with Gasteiger partial charge in [-0.05, 0) is 42.1 Å². The first kappa shape index (κ1) is 10.7. The Morgan fingerprint density at radius 2 is 2.33 bits per heavy atom. The summed E-state index contributed by atoms with van der Waals surface area (Å²) < 4.78 is 5.26. The Bertz CT molecular complexity index is 410. The van der Waals surface area contributed by atoms with E-state index in [1.54, 1.807) is 17.4 Å². The van der Waals surface area contributed by atoms with Crippen molar-refractivity contribution in [2.24, 2.45) is 0 Å². The average molecular weight is 242 g/mol. The first-order valence-corrected chi connectivity index (χ1v) is 6.02. The van der Waals surface area contributed by atoms with Crippen LogP contribution in [0.1, 0.15) is 23.6 Å². The molecular formula is C11H12ClNOS. The Balaban J connectivity index is 1.88. The van der Waals surface area contributed by atoms with Gasteiger partial charge in [-0.3, -0.25) is 0 Å². The topological polar surface area (TPSA) is 25.2 Å². The van der Waals surface area contributed by atoms with Gasteiger partial charge in [0.25, 0.3) is 0 Å². The summed E-state index contributed by atoms with van der Waals surface area (Å²) >= 11 is 7.44. The lowest BCUT2D eigenvalue weighted by atomic mass is 10.2. The number of rotatable bonds is 4. The highest BCUT2D eigenvalue weighted by Gasteiger charge is 2.06. The maximum absolute atomic E-state index is 5.68. The Morgan fingerprint density at radius 3 is 2.93 bits per heavy atom. The van der Waals surface area contributed by atoms with E-state index in [9.17, 15) is 0 Å². The number of furan rings is 1. The zero-order chi connectivity index (χ0) is 10.7. The smallest absolute Gasteiger partial charge is 0.193 e. The van der Waals surface area contributed by atoms with Gasteiger partial charge in [0.1, 0.15) is 5.76 Å². The first-order chi connectivity index (χ1) is 7.25. The summed E-state index contributed by atoms with van der Waals surface area (Å²) in [5, 5.41) is 5.89. The van der Waals surface area contributed by atoms with Crippen molar-refractivity contribution in [3.8, 4) is 0 Å². The molecule has 0 spiro atoms. The monoisotopic (exact) mass is 241 g/mol. The SMILES string of the molecule is C[C@@H](NCc1ccc(Cl)o1)c1cccs1. The molecule has 0 unspecified atom stereocenters. The molecule has 0 aromatic carbocycles. The van der Waals surface area contributed by atoms with E-state index in [1.165, 1.54) is 4.88 Å². The van der Waals surface area contributed by atoms with Crippen molar-refractivity contribution in [1.29, 1.82) is 0 Å². The first-order valence-electron chi connectivity index (χ1n) is 4.76. The zero-order valence-corrected chi connectivity index (χ0v) is 9.94. The lowest BCUT2D eigenvalue weighted by molar-refractivity contribution is 0.464. The molecule has 1 N–H and O–H groups in total. The molecule has 0 aliphatic rings. The fourth-order valence-electron chi connectivity index (χ4n) is 1.34. The van der Waals surface area contributed by atoms with E-state index in [-0.39, 0.29) is 0 Å². The predicted octanol–water partition coefficient (Wildman–Crippen LogP) is 3.85. The Labute approximate surface area is 97.9 Å². The van der Waals surface area contributed by atoms with E-state index in [4.69, 9.17) is 16.0 Å². The van der Waals surface area contributed by atoms with Crippen LogP contribution in [0.25, 0.3) is 0 Å². The summed E-state index contributed by atoms with van der Waals surface area (Å²) in [4.78, 5) is 1.33. The molecular weight excluding hydrogens is 230 g/mol. The molecule has 2 heterocycles.